The van der Waals surface area contributed by atoms with Gasteiger partial charge in [-0.15, -0.1) is 0 Å². The van der Waals surface area contributed by atoms with Crippen LogP contribution >= 0.6 is 15.9 Å². The van der Waals surface area contributed by atoms with E-state index in [9.17, 15) is 4.79 Å². The molecule has 1 aromatic carbocycles. The fourth-order valence-electron chi connectivity index (χ4n) is 2.14. The van der Waals surface area contributed by atoms with Crippen LogP contribution in [-0.2, 0) is 4.79 Å². The molecule has 0 saturated carbocycles. The molecule has 1 rings (SSSR count). The van der Waals surface area contributed by atoms with Gasteiger partial charge in [0.2, 0.25) is 5.91 Å². The van der Waals surface area contributed by atoms with Crippen LogP contribution in [0.25, 0.3) is 0 Å². The smallest absolute Gasteiger partial charge is 0.227 e. The van der Waals surface area contributed by atoms with Gasteiger partial charge < -0.3 is 5.32 Å². The molecule has 0 aliphatic rings. The topological polar surface area (TPSA) is 29.1 Å². The van der Waals surface area contributed by atoms with Crippen LogP contribution in [0.1, 0.15) is 46.0 Å². The van der Waals surface area contributed by atoms with Crippen molar-refractivity contribution < 1.29 is 4.79 Å². The lowest BCUT2D eigenvalue weighted by Gasteiger charge is -2.15. The predicted molar refractivity (Wildman–Crippen MR) is 89.8 cm³/mol. The molecule has 0 heterocycles. The molecule has 1 N–H and O–H groups in total. The second-order valence-corrected chi connectivity index (χ2v) is 5.78. The van der Waals surface area contributed by atoms with Crippen molar-refractivity contribution in [3.05, 3.63) is 40.9 Å². The highest BCUT2D eigenvalue weighted by molar-refractivity contribution is 9.10. The van der Waals surface area contributed by atoms with E-state index in [0.717, 1.165) is 42.3 Å². The standard InChI is InChI=1S/C17H24BrNO/c1-3-5-6-7-8-11-14(4-2)17(20)19-16-13-10-9-12-15(16)18/h3,5,9-10,12-14H,4,6-8,11H2,1-2H3,(H,19,20). The summed E-state index contributed by atoms with van der Waals surface area (Å²) < 4.78 is 0.927. The summed E-state index contributed by atoms with van der Waals surface area (Å²) in [7, 11) is 0. The number of amides is 1. The molecule has 0 aromatic heterocycles. The molecule has 0 aliphatic carbocycles. The highest BCUT2D eigenvalue weighted by Gasteiger charge is 2.16. The Morgan fingerprint density at radius 2 is 2.10 bits per heavy atom. The monoisotopic (exact) mass is 337 g/mol. The number of carbonyl (C=O) groups is 1. The van der Waals surface area contributed by atoms with E-state index in [1.165, 1.54) is 0 Å². The van der Waals surface area contributed by atoms with E-state index in [1.54, 1.807) is 0 Å². The van der Waals surface area contributed by atoms with Crippen LogP contribution in [0, 0.1) is 5.92 Å². The zero-order valence-electron chi connectivity index (χ0n) is 12.4. The normalized spacial score (nSPS) is 12.6. The van der Waals surface area contributed by atoms with Crippen LogP contribution < -0.4 is 5.32 Å². The van der Waals surface area contributed by atoms with E-state index in [2.05, 4.69) is 40.3 Å². The van der Waals surface area contributed by atoms with Gasteiger partial charge in [0.05, 0.1) is 5.69 Å². The third-order valence-corrected chi connectivity index (χ3v) is 4.10. The third kappa shape index (κ3) is 5.91. The second-order valence-electron chi connectivity index (χ2n) is 4.93. The van der Waals surface area contributed by atoms with Gasteiger partial charge in [0.25, 0.3) is 0 Å². The molecule has 1 amide bonds. The molecule has 110 valence electrons. The number of halogens is 1. The number of anilines is 1. The fourth-order valence-corrected chi connectivity index (χ4v) is 2.52. The van der Waals surface area contributed by atoms with E-state index >= 15 is 0 Å². The van der Waals surface area contributed by atoms with Gasteiger partial charge in [0.15, 0.2) is 0 Å². The molecule has 0 fully saturated rings. The number of nitrogens with one attached hydrogen (secondary N) is 1. The Morgan fingerprint density at radius 1 is 1.35 bits per heavy atom. The first-order chi connectivity index (χ1) is 9.69. The molecule has 1 aromatic rings. The van der Waals surface area contributed by atoms with Crippen molar-refractivity contribution in [1.82, 2.24) is 0 Å². The Hall–Kier alpha value is -1.09. The number of benzene rings is 1. The lowest BCUT2D eigenvalue weighted by molar-refractivity contribution is -0.120. The number of hydrogen-bond acceptors (Lipinski definition) is 1. The predicted octanol–water partition coefficient (Wildman–Crippen LogP) is 5.55. The Balaban J connectivity index is 2.44. The minimum Gasteiger partial charge on any atom is -0.325 e. The van der Waals surface area contributed by atoms with Crippen molar-refractivity contribution in [2.24, 2.45) is 5.92 Å². The van der Waals surface area contributed by atoms with Crippen LogP contribution in [0.15, 0.2) is 40.9 Å². The number of para-hydroxylation sites is 1. The van der Waals surface area contributed by atoms with Crippen molar-refractivity contribution in [2.75, 3.05) is 5.32 Å². The van der Waals surface area contributed by atoms with Crippen LogP contribution in [0.2, 0.25) is 0 Å². The van der Waals surface area contributed by atoms with Gasteiger partial charge >= 0.3 is 0 Å². The molecule has 1 unspecified atom stereocenters. The Labute approximate surface area is 130 Å². The number of allylic oxidation sites excluding steroid dienone is 2. The van der Waals surface area contributed by atoms with Crippen LogP contribution in [0.4, 0.5) is 5.69 Å². The third-order valence-electron chi connectivity index (χ3n) is 3.40. The maximum atomic E-state index is 12.3. The summed E-state index contributed by atoms with van der Waals surface area (Å²) in [4.78, 5) is 12.3. The molecule has 0 radical (unpaired) electrons. The fraction of sp³-hybridized carbons (Fsp3) is 0.471. The molecule has 2 nitrogen and oxygen atoms in total. The lowest BCUT2D eigenvalue weighted by atomic mass is 9.97. The Bertz CT molecular complexity index is 442. The first-order valence-corrected chi connectivity index (χ1v) is 8.14. The van der Waals surface area contributed by atoms with E-state index in [-0.39, 0.29) is 11.8 Å². The van der Waals surface area contributed by atoms with Crippen molar-refractivity contribution in [3.63, 3.8) is 0 Å². The Kier molecular flexibility index (Phi) is 8.28. The summed E-state index contributed by atoms with van der Waals surface area (Å²) in [6.07, 6.45) is 9.48. The number of rotatable bonds is 8. The van der Waals surface area contributed by atoms with Crippen LogP contribution in [-0.4, -0.2) is 5.91 Å². The highest BCUT2D eigenvalue weighted by Crippen LogP contribution is 2.23. The van der Waals surface area contributed by atoms with Crippen LogP contribution in [0.3, 0.4) is 0 Å². The zero-order valence-corrected chi connectivity index (χ0v) is 13.9. The molecule has 0 bridgehead atoms. The summed E-state index contributed by atoms with van der Waals surface area (Å²) in [5.41, 5.74) is 0.852. The van der Waals surface area contributed by atoms with Gasteiger partial charge in [-0.2, -0.15) is 0 Å². The largest absolute Gasteiger partial charge is 0.325 e. The highest BCUT2D eigenvalue weighted by atomic mass is 79.9. The molecule has 20 heavy (non-hydrogen) atoms. The minimum atomic E-state index is 0.104. The summed E-state index contributed by atoms with van der Waals surface area (Å²) in [5, 5.41) is 3.01. The van der Waals surface area contributed by atoms with Gasteiger partial charge in [0.1, 0.15) is 0 Å². The molecular formula is C17H24BrNO. The SMILES string of the molecule is CC=CCCCCC(CC)C(=O)Nc1ccccc1Br. The number of unbranched alkanes of at least 4 members (excludes halogenated alkanes) is 2. The summed E-state index contributed by atoms with van der Waals surface area (Å²) in [6.45, 7) is 4.12. The Morgan fingerprint density at radius 3 is 2.75 bits per heavy atom. The first kappa shape index (κ1) is 17.0. The number of carbonyl (C=O) groups excluding carboxylic acids is 1. The van der Waals surface area contributed by atoms with Crippen molar-refractivity contribution >= 4 is 27.5 Å². The lowest BCUT2D eigenvalue weighted by Crippen LogP contribution is -2.22. The van der Waals surface area contributed by atoms with E-state index < -0.39 is 0 Å². The average molecular weight is 338 g/mol. The van der Waals surface area contributed by atoms with Crippen LogP contribution in [0.5, 0.6) is 0 Å². The van der Waals surface area contributed by atoms with Gasteiger partial charge in [-0.05, 0) is 60.7 Å². The summed E-state index contributed by atoms with van der Waals surface area (Å²) >= 11 is 3.45. The molecule has 0 aliphatic heterocycles. The molecule has 0 saturated heterocycles. The van der Waals surface area contributed by atoms with Gasteiger partial charge in [-0.25, -0.2) is 0 Å². The van der Waals surface area contributed by atoms with Gasteiger partial charge in [-0.1, -0.05) is 37.6 Å². The van der Waals surface area contributed by atoms with Gasteiger partial charge in [0, 0.05) is 10.4 Å². The first-order valence-electron chi connectivity index (χ1n) is 7.35. The molecular weight excluding hydrogens is 314 g/mol. The summed E-state index contributed by atoms with van der Waals surface area (Å²) in [6, 6.07) is 7.73. The van der Waals surface area contributed by atoms with E-state index in [0.29, 0.717) is 0 Å². The molecule has 3 heteroatoms. The van der Waals surface area contributed by atoms with Crippen molar-refractivity contribution in [3.8, 4) is 0 Å². The molecule has 0 spiro atoms. The minimum absolute atomic E-state index is 0.104. The maximum Gasteiger partial charge on any atom is 0.227 e. The second kappa shape index (κ2) is 9.76. The van der Waals surface area contributed by atoms with Gasteiger partial charge in [-0.3, -0.25) is 4.79 Å². The summed E-state index contributed by atoms with van der Waals surface area (Å²) in [5.74, 6) is 0.234. The maximum absolute atomic E-state index is 12.3. The van der Waals surface area contributed by atoms with Crippen molar-refractivity contribution in [2.45, 2.75) is 46.0 Å². The quantitative estimate of drug-likeness (QED) is 0.489. The molecule has 1 atom stereocenters. The van der Waals surface area contributed by atoms with E-state index in [4.69, 9.17) is 0 Å². The number of hydrogen-bond donors (Lipinski definition) is 1. The van der Waals surface area contributed by atoms with Crippen molar-refractivity contribution in [1.29, 1.82) is 0 Å². The van der Waals surface area contributed by atoms with E-state index in [1.807, 2.05) is 31.2 Å². The zero-order chi connectivity index (χ0) is 14.8. The average Bonchev–Trinajstić information content (AvgIpc) is 2.45.